The van der Waals surface area contributed by atoms with Crippen molar-refractivity contribution in [1.29, 1.82) is 0 Å². The lowest BCUT2D eigenvalue weighted by atomic mass is 10.1. The number of carbonyl (C=O) groups excluding carboxylic acids is 3. The van der Waals surface area contributed by atoms with Crippen LogP contribution in [0.4, 0.5) is 11.4 Å². The minimum atomic E-state index is -0.846. The smallest absolute Gasteiger partial charge is 0.250 e. The van der Waals surface area contributed by atoms with Gasteiger partial charge in [0, 0.05) is 23.7 Å². The minimum Gasteiger partial charge on any atom is -0.341 e. The first kappa shape index (κ1) is 21.4. The number of amides is 3. The van der Waals surface area contributed by atoms with Gasteiger partial charge in [-0.05, 0) is 62.4 Å². The van der Waals surface area contributed by atoms with E-state index in [4.69, 9.17) is 0 Å². The van der Waals surface area contributed by atoms with Crippen LogP contribution < -0.4 is 10.2 Å². The zero-order valence-corrected chi connectivity index (χ0v) is 18.7. The van der Waals surface area contributed by atoms with Crippen molar-refractivity contribution in [3.05, 3.63) is 53.6 Å². The number of para-hydroxylation sites is 1. The molecule has 1 N–H and O–H groups in total. The lowest BCUT2D eigenvalue weighted by Crippen LogP contribution is -2.52. The van der Waals surface area contributed by atoms with E-state index in [0.717, 1.165) is 41.0 Å². The summed E-state index contributed by atoms with van der Waals surface area (Å²) in [6, 6.07) is 13.3. The van der Waals surface area contributed by atoms with Crippen LogP contribution in [0, 0.1) is 13.8 Å². The molecule has 7 heteroatoms. The van der Waals surface area contributed by atoms with Crippen molar-refractivity contribution in [2.75, 3.05) is 29.9 Å². The van der Waals surface area contributed by atoms with E-state index in [1.165, 1.54) is 16.7 Å². The van der Waals surface area contributed by atoms with E-state index in [0.29, 0.717) is 18.8 Å². The topological polar surface area (TPSA) is 69.7 Å². The van der Waals surface area contributed by atoms with Gasteiger partial charge in [0.05, 0.1) is 5.69 Å². The quantitative estimate of drug-likeness (QED) is 0.740. The van der Waals surface area contributed by atoms with Crippen LogP contribution >= 0.6 is 11.8 Å². The number of hydrogen-bond acceptors (Lipinski definition) is 4. The second-order valence-corrected chi connectivity index (χ2v) is 9.29. The van der Waals surface area contributed by atoms with E-state index in [9.17, 15) is 14.4 Å². The van der Waals surface area contributed by atoms with Gasteiger partial charge in [0.2, 0.25) is 11.8 Å². The summed E-state index contributed by atoms with van der Waals surface area (Å²) in [4.78, 5) is 43.5. The number of thioether (sulfide) groups is 1. The van der Waals surface area contributed by atoms with Gasteiger partial charge in [-0.15, -0.1) is 11.8 Å². The van der Waals surface area contributed by atoms with E-state index in [2.05, 4.69) is 5.32 Å². The molecule has 0 unspecified atom stereocenters. The molecule has 0 aliphatic carbocycles. The van der Waals surface area contributed by atoms with E-state index in [1.54, 1.807) is 4.90 Å². The summed E-state index contributed by atoms with van der Waals surface area (Å²) in [5.74, 6) is -0.757. The van der Waals surface area contributed by atoms with Gasteiger partial charge in [-0.3, -0.25) is 14.4 Å². The monoisotopic (exact) mass is 437 g/mol. The van der Waals surface area contributed by atoms with Gasteiger partial charge in [0.15, 0.2) is 5.25 Å². The average molecular weight is 438 g/mol. The highest BCUT2D eigenvalue weighted by Gasteiger charge is 2.41. The Kier molecular flexibility index (Phi) is 6.32. The maximum atomic E-state index is 13.4. The molecule has 2 aliphatic rings. The van der Waals surface area contributed by atoms with Gasteiger partial charge in [-0.25, -0.2) is 0 Å². The van der Waals surface area contributed by atoms with E-state index >= 15 is 0 Å². The second-order valence-electron chi connectivity index (χ2n) is 8.14. The predicted molar refractivity (Wildman–Crippen MR) is 123 cm³/mol. The molecular formula is C24H27N3O3S. The minimum absolute atomic E-state index is 0.131. The molecule has 3 amide bonds. The number of anilines is 2. The molecule has 4 rings (SSSR count). The van der Waals surface area contributed by atoms with Gasteiger partial charge in [-0.2, -0.15) is 0 Å². The Labute approximate surface area is 187 Å². The first-order valence-electron chi connectivity index (χ1n) is 10.7. The number of benzene rings is 2. The molecule has 2 aliphatic heterocycles. The average Bonchev–Trinajstić information content (AvgIpc) is 2.78. The van der Waals surface area contributed by atoms with Crippen LogP contribution in [0.3, 0.4) is 0 Å². The van der Waals surface area contributed by atoms with Crippen molar-refractivity contribution < 1.29 is 14.4 Å². The Bertz CT molecular complexity index is 1020. The third-order valence-electron chi connectivity index (χ3n) is 5.75. The Morgan fingerprint density at radius 3 is 2.58 bits per heavy atom. The van der Waals surface area contributed by atoms with Gasteiger partial charge in [0.25, 0.3) is 5.91 Å². The molecule has 2 aromatic carbocycles. The first-order valence-corrected chi connectivity index (χ1v) is 11.5. The fourth-order valence-corrected chi connectivity index (χ4v) is 5.21. The Morgan fingerprint density at radius 2 is 1.81 bits per heavy atom. The Hall–Kier alpha value is -2.80. The molecule has 0 aromatic heterocycles. The number of likely N-dealkylation sites (tertiary alicyclic amines) is 1. The highest BCUT2D eigenvalue weighted by atomic mass is 32.2. The number of carbonyl (C=O) groups is 3. The maximum absolute atomic E-state index is 13.4. The van der Waals surface area contributed by atoms with Crippen molar-refractivity contribution in [2.45, 2.75) is 43.3 Å². The summed E-state index contributed by atoms with van der Waals surface area (Å²) >= 11 is 1.29. The standard InChI is InChI=1S/C24H27N3O3S/c1-16-10-11-17(2)18(14-16)25-21(28)15-27-19-8-4-5-9-20(19)31-22(24(27)30)23(29)26-12-6-3-7-13-26/h4-5,8-11,14,22H,3,6-7,12-13,15H2,1-2H3,(H,25,28)/t22-/m1/s1. The number of piperidine rings is 1. The molecule has 0 spiro atoms. The van der Waals surface area contributed by atoms with Crippen LogP contribution in [-0.4, -0.2) is 47.5 Å². The molecule has 0 bridgehead atoms. The molecule has 6 nitrogen and oxygen atoms in total. The molecule has 0 saturated carbocycles. The van der Waals surface area contributed by atoms with Crippen molar-refractivity contribution in [1.82, 2.24) is 4.90 Å². The van der Waals surface area contributed by atoms with Crippen molar-refractivity contribution >= 4 is 40.9 Å². The van der Waals surface area contributed by atoms with Gasteiger partial charge in [-0.1, -0.05) is 24.3 Å². The number of rotatable bonds is 4. The molecule has 2 heterocycles. The van der Waals surface area contributed by atoms with Gasteiger partial charge in [0.1, 0.15) is 6.54 Å². The van der Waals surface area contributed by atoms with Crippen LogP contribution in [0.25, 0.3) is 0 Å². The number of nitrogens with one attached hydrogen (secondary N) is 1. The van der Waals surface area contributed by atoms with E-state index < -0.39 is 5.25 Å². The molecule has 0 radical (unpaired) electrons. The Balaban J connectivity index is 1.56. The van der Waals surface area contributed by atoms with Crippen LogP contribution in [0.5, 0.6) is 0 Å². The summed E-state index contributed by atoms with van der Waals surface area (Å²) < 4.78 is 0. The van der Waals surface area contributed by atoms with Crippen molar-refractivity contribution in [3.63, 3.8) is 0 Å². The Morgan fingerprint density at radius 1 is 1.06 bits per heavy atom. The molecule has 1 saturated heterocycles. The number of fused-ring (bicyclic) bond motifs is 1. The second kappa shape index (κ2) is 9.14. The highest BCUT2D eigenvalue weighted by Crippen LogP contribution is 2.40. The molecular weight excluding hydrogens is 410 g/mol. The summed E-state index contributed by atoms with van der Waals surface area (Å²) in [6.45, 7) is 5.15. The summed E-state index contributed by atoms with van der Waals surface area (Å²) in [5.41, 5.74) is 3.41. The fraction of sp³-hybridized carbons (Fsp3) is 0.375. The maximum Gasteiger partial charge on any atom is 0.250 e. The highest BCUT2D eigenvalue weighted by molar-refractivity contribution is 8.01. The summed E-state index contributed by atoms with van der Waals surface area (Å²) in [5, 5.41) is 2.08. The molecule has 1 atom stereocenters. The SMILES string of the molecule is Cc1ccc(C)c(NC(=O)CN2C(=O)[C@@H](C(=O)N3CCCCC3)Sc3ccccc32)c1. The fourth-order valence-electron chi connectivity index (χ4n) is 4.02. The van der Waals surface area contributed by atoms with Crippen molar-refractivity contribution in [2.24, 2.45) is 0 Å². The number of hydrogen-bond donors (Lipinski definition) is 1. The number of aryl methyl sites for hydroxylation is 2. The lowest BCUT2D eigenvalue weighted by molar-refractivity contribution is -0.135. The molecule has 2 aromatic rings. The predicted octanol–water partition coefficient (Wildman–Crippen LogP) is 3.76. The lowest BCUT2D eigenvalue weighted by Gasteiger charge is -2.36. The zero-order valence-electron chi connectivity index (χ0n) is 17.9. The van der Waals surface area contributed by atoms with Crippen LogP contribution in [0.15, 0.2) is 47.4 Å². The van der Waals surface area contributed by atoms with Crippen LogP contribution in [-0.2, 0) is 14.4 Å². The normalized spacial score (nSPS) is 18.5. The summed E-state index contributed by atoms with van der Waals surface area (Å²) in [6.07, 6.45) is 3.05. The molecule has 1 fully saturated rings. The third-order valence-corrected chi connectivity index (χ3v) is 6.99. The van der Waals surface area contributed by atoms with Gasteiger partial charge >= 0.3 is 0 Å². The molecule has 31 heavy (non-hydrogen) atoms. The van der Waals surface area contributed by atoms with Crippen LogP contribution in [0.1, 0.15) is 30.4 Å². The van der Waals surface area contributed by atoms with E-state index in [-0.39, 0.29) is 24.3 Å². The largest absolute Gasteiger partial charge is 0.341 e. The van der Waals surface area contributed by atoms with Crippen LogP contribution in [0.2, 0.25) is 0 Å². The zero-order chi connectivity index (χ0) is 22.0. The number of nitrogens with zero attached hydrogens (tertiary/aromatic N) is 2. The van der Waals surface area contributed by atoms with Crippen molar-refractivity contribution in [3.8, 4) is 0 Å². The molecule has 162 valence electrons. The van der Waals surface area contributed by atoms with E-state index in [1.807, 2.05) is 56.3 Å². The third kappa shape index (κ3) is 4.61. The summed E-state index contributed by atoms with van der Waals surface area (Å²) in [7, 11) is 0. The first-order chi connectivity index (χ1) is 14.9. The van der Waals surface area contributed by atoms with Gasteiger partial charge < -0.3 is 15.1 Å².